The Morgan fingerprint density at radius 2 is 2.12 bits per heavy atom. The Balaban J connectivity index is 3.33. The van der Waals surface area contributed by atoms with Crippen LogP contribution in [-0.4, -0.2) is 23.6 Å². The third-order valence-corrected chi connectivity index (χ3v) is 1.99. The second kappa shape index (κ2) is 4.84. The minimum absolute atomic E-state index is 0.165. The lowest BCUT2D eigenvalue weighted by Gasteiger charge is -2.11. The van der Waals surface area contributed by atoms with Crippen molar-refractivity contribution < 1.29 is 23.5 Å². The number of hydrogen-bond donors (Lipinski definition) is 1. The minimum Gasteiger partial charge on any atom is -0.490 e. The van der Waals surface area contributed by atoms with Crippen molar-refractivity contribution in [3.05, 3.63) is 33.9 Å². The highest BCUT2D eigenvalue weighted by Gasteiger charge is 2.30. The number of benzene rings is 1. The van der Waals surface area contributed by atoms with Crippen LogP contribution in [-0.2, 0) is 0 Å². The summed E-state index contributed by atoms with van der Waals surface area (Å²) in [6.45, 7) is 0. The lowest BCUT2D eigenvalue weighted by molar-refractivity contribution is -0.387. The predicted molar refractivity (Wildman–Crippen MR) is 50.6 cm³/mol. The topological polar surface area (TPSA) is 72.6 Å². The van der Waals surface area contributed by atoms with E-state index in [2.05, 4.69) is 4.74 Å². The number of alkyl halides is 2. The summed E-state index contributed by atoms with van der Waals surface area (Å²) in [5.74, 6) is -0.165. The Morgan fingerprint density at radius 3 is 2.56 bits per heavy atom. The highest BCUT2D eigenvalue weighted by Crippen LogP contribution is 2.36. The monoisotopic (exact) mass is 233 g/mol. The van der Waals surface area contributed by atoms with E-state index in [0.29, 0.717) is 0 Å². The molecule has 0 aliphatic heterocycles. The zero-order chi connectivity index (χ0) is 12.3. The molecule has 1 aromatic rings. The number of halogens is 2. The fourth-order valence-electron chi connectivity index (χ4n) is 1.27. The van der Waals surface area contributed by atoms with Gasteiger partial charge in [-0.05, 0) is 12.1 Å². The van der Waals surface area contributed by atoms with Gasteiger partial charge in [0.25, 0.3) is 6.43 Å². The molecule has 7 heteroatoms. The van der Waals surface area contributed by atoms with Gasteiger partial charge in [0.1, 0.15) is 6.10 Å². The Kier molecular flexibility index (Phi) is 3.73. The summed E-state index contributed by atoms with van der Waals surface area (Å²) in [6.07, 6.45) is -5.29. The highest BCUT2D eigenvalue weighted by atomic mass is 19.3. The molecule has 0 spiro atoms. The molecule has 0 fully saturated rings. The first-order valence-corrected chi connectivity index (χ1v) is 4.26. The fourth-order valence-corrected chi connectivity index (χ4v) is 1.27. The fraction of sp³-hybridized carbons (Fsp3) is 0.333. The van der Waals surface area contributed by atoms with Crippen molar-refractivity contribution in [2.45, 2.75) is 12.5 Å². The number of nitro benzene ring substituents is 1. The average molecular weight is 233 g/mol. The van der Waals surface area contributed by atoms with Gasteiger partial charge in [0.05, 0.1) is 17.6 Å². The van der Waals surface area contributed by atoms with Crippen LogP contribution in [0.2, 0.25) is 0 Å². The van der Waals surface area contributed by atoms with E-state index in [0.717, 1.165) is 6.07 Å². The maximum absolute atomic E-state index is 12.3. The van der Waals surface area contributed by atoms with Crippen LogP contribution in [0.4, 0.5) is 14.5 Å². The van der Waals surface area contributed by atoms with E-state index in [9.17, 15) is 18.9 Å². The third kappa shape index (κ3) is 2.25. The third-order valence-electron chi connectivity index (χ3n) is 1.99. The number of aliphatic hydroxyl groups excluding tert-OH is 1. The number of aliphatic hydroxyl groups is 1. The van der Waals surface area contributed by atoms with Crippen molar-refractivity contribution in [3.8, 4) is 5.75 Å². The van der Waals surface area contributed by atoms with Crippen LogP contribution in [0.3, 0.4) is 0 Å². The van der Waals surface area contributed by atoms with Crippen molar-refractivity contribution in [2.75, 3.05) is 7.11 Å². The van der Waals surface area contributed by atoms with Crippen molar-refractivity contribution >= 4 is 5.69 Å². The number of nitro groups is 1. The molecule has 0 heterocycles. The first-order valence-electron chi connectivity index (χ1n) is 4.26. The van der Waals surface area contributed by atoms with Crippen LogP contribution in [0.15, 0.2) is 18.2 Å². The number of ether oxygens (including phenoxy) is 1. The molecule has 0 aliphatic carbocycles. The van der Waals surface area contributed by atoms with E-state index >= 15 is 0 Å². The summed E-state index contributed by atoms with van der Waals surface area (Å²) in [6, 6.07) is 3.63. The predicted octanol–water partition coefficient (Wildman–Crippen LogP) is 1.90. The van der Waals surface area contributed by atoms with Crippen LogP contribution in [0.25, 0.3) is 0 Å². The molecule has 0 amide bonds. The Bertz CT molecular complexity index is 397. The molecule has 1 N–H and O–H groups in total. The van der Waals surface area contributed by atoms with Crippen LogP contribution in [0.5, 0.6) is 5.75 Å². The van der Waals surface area contributed by atoms with E-state index in [1.807, 2.05) is 0 Å². The molecule has 1 rings (SSSR count). The standard InChI is InChI=1S/C9H9F2NO4/c1-16-6-4-2-3-5(7(6)12(14)15)8(13)9(10)11/h2-4,8-9,13H,1H3. The van der Waals surface area contributed by atoms with Gasteiger partial charge in [-0.25, -0.2) is 8.78 Å². The molecule has 5 nitrogen and oxygen atoms in total. The Morgan fingerprint density at radius 1 is 1.50 bits per heavy atom. The van der Waals surface area contributed by atoms with Gasteiger partial charge < -0.3 is 9.84 Å². The van der Waals surface area contributed by atoms with Gasteiger partial charge in [-0.2, -0.15) is 0 Å². The van der Waals surface area contributed by atoms with Crippen LogP contribution >= 0.6 is 0 Å². The summed E-state index contributed by atoms with van der Waals surface area (Å²) in [4.78, 5) is 9.84. The second-order valence-corrected chi connectivity index (χ2v) is 2.93. The summed E-state index contributed by atoms with van der Waals surface area (Å²) in [7, 11) is 1.18. The number of rotatable bonds is 4. The molecule has 88 valence electrons. The van der Waals surface area contributed by atoms with Crippen LogP contribution in [0.1, 0.15) is 11.7 Å². The molecule has 1 aromatic carbocycles. The number of hydrogen-bond acceptors (Lipinski definition) is 4. The van der Waals surface area contributed by atoms with E-state index < -0.39 is 28.7 Å². The summed E-state index contributed by atoms with van der Waals surface area (Å²) in [5.41, 5.74) is -1.10. The summed E-state index contributed by atoms with van der Waals surface area (Å²) >= 11 is 0. The van der Waals surface area contributed by atoms with Crippen LogP contribution < -0.4 is 4.74 Å². The molecule has 1 atom stereocenters. The molecule has 1 unspecified atom stereocenters. The zero-order valence-corrected chi connectivity index (χ0v) is 8.26. The molecular formula is C9H9F2NO4. The van der Waals surface area contributed by atoms with Gasteiger partial charge in [-0.15, -0.1) is 0 Å². The van der Waals surface area contributed by atoms with Gasteiger partial charge in [0.15, 0.2) is 5.75 Å². The normalized spacial score (nSPS) is 12.6. The number of nitrogens with zero attached hydrogens (tertiary/aromatic N) is 1. The van der Waals surface area contributed by atoms with E-state index in [4.69, 9.17) is 5.11 Å². The molecule has 0 saturated carbocycles. The maximum Gasteiger partial charge on any atom is 0.316 e. The molecular weight excluding hydrogens is 224 g/mol. The smallest absolute Gasteiger partial charge is 0.316 e. The lowest BCUT2D eigenvalue weighted by Crippen LogP contribution is -2.11. The SMILES string of the molecule is COc1cccc(C(O)C(F)F)c1[N+](=O)[O-]. The second-order valence-electron chi connectivity index (χ2n) is 2.93. The van der Waals surface area contributed by atoms with E-state index in [1.165, 1.54) is 19.2 Å². The number of para-hydroxylation sites is 1. The van der Waals surface area contributed by atoms with Gasteiger partial charge in [0.2, 0.25) is 0 Å². The summed E-state index contributed by atoms with van der Waals surface area (Å²) < 4.78 is 29.2. The highest BCUT2D eigenvalue weighted by molar-refractivity contribution is 5.53. The average Bonchev–Trinajstić information content (AvgIpc) is 2.26. The lowest BCUT2D eigenvalue weighted by atomic mass is 10.1. The molecule has 0 bridgehead atoms. The molecule has 0 radical (unpaired) electrons. The quantitative estimate of drug-likeness (QED) is 0.636. The molecule has 0 aromatic heterocycles. The zero-order valence-electron chi connectivity index (χ0n) is 8.26. The molecule has 0 saturated heterocycles. The Labute approximate surface area is 89.4 Å². The maximum atomic E-state index is 12.3. The van der Waals surface area contributed by atoms with E-state index in [1.54, 1.807) is 0 Å². The van der Waals surface area contributed by atoms with Crippen molar-refractivity contribution in [1.29, 1.82) is 0 Å². The summed E-state index contributed by atoms with van der Waals surface area (Å²) in [5, 5.41) is 19.8. The van der Waals surface area contributed by atoms with Crippen molar-refractivity contribution in [1.82, 2.24) is 0 Å². The molecule has 0 aliphatic rings. The van der Waals surface area contributed by atoms with Gasteiger partial charge in [-0.3, -0.25) is 10.1 Å². The van der Waals surface area contributed by atoms with Gasteiger partial charge >= 0.3 is 5.69 Å². The van der Waals surface area contributed by atoms with E-state index in [-0.39, 0.29) is 5.75 Å². The first kappa shape index (κ1) is 12.3. The minimum atomic E-state index is -3.09. The van der Waals surface area contributed by atoms with Gasteiger partial charge in [-0.1, -0.05) is 6.07 Å². The Hall–Kier alpha value is -1.76. The first-order chi connectivity index (χ1) is 7.49. The molecule has 16 heavy (non-hydrogen) atoms. The number of methoxy groups -OCH3 is 1. The largest absolute Gasteiger partial charge is 0.490 e. The van der Waals surface area contributed by atoms with Crippen molar-refractivity contribution in [3.63, 3.8) is 0 Å². The van der Waals surface area contributed by atoms with Crippen molar-refractivity contribution in [2.24, 2.45) is 0 Å². The van der Waals surface area contributed by atoms with Crippen LogP contribution in [0, 0.1) is 10.1 Å². The van der Waals surface area contributed by atoms with Gasteiger partial charge in [0, 0.05) is 0 Å².